The van der Waals surface area contributed by atoms with Gasteiger partial charge in [0.2, 0.25) is 0 Å². The molecule has 5 nitrogen and oxygen atoms in total. The van der Waals surface area contributed by atoms with Crippen molar-refractivity contribution in [3.63, 3.8) is 0 Å². The third kappa shape index (κ3) is 1.59. The van der Waals surface area contributed by atoms with Crippen LogP contribution in [0.25, 0.3) is 11.0 Å². The highest BCUT2D eigenvalue weighted by Crippen LogP contribution is 2.37. The Kier molecular flexibility index (Phi) is 2.38. The van der Waals surface area contributed by atoms with E-state index in [4.69, 9.17) is 5.11 Å². The largest absolute Gasteiger partial charge is 0.478 e. The van der Waals surface area contributed by atoms with E-state index in [1.165, 1.54) is 0 Å². The summed E-state index contributed by atoms with van der Waals surface area (Å²) in [6.45, 7) is 0. The summed E-state index contributed by atoms with van der Waals surface area (Å²) in [5, 5.41) is 18.3. The monoisotopic (exact) mass is 246 g/mol. The number of aromatic nitrogens is 2. The molecule has 94 valence electrons. The van der Waals surface area contributed by atoms with Gasteiger partial charge in [0.15, 0.2) is 0 Å². The molecule has 18 heavy (non-hydrogen) atoms. The number of hydrogen-bond acceptors (Lipinski definition) is 3. The van der Waals surface area contributed by atoms with Crippen molar-refractivity contribution in [1.82, 2.24) is 9.55 Å². The Morgan fingerprint density at radius 3 is 2.78 bits per heavy atom. The molecule has 1 saturated carbocycles. The van der Waals surface area contributed by atoms with Crippen LogP contribution in [0.5, 0.6) is 0 Å². The molecule has 1 fully saturated rings. The normalized spacial score (nSPS) is 23.0. The fraction of sp³-hybridized carbons (Fsp3) is 0.385. The molecule has 0 atom stereocenters. The van der Waals surface area contributed by atoms with Crippen molar-refractivity contribution in [3.05, 3.63) is 29.6 Å². The summed E-state index contributed by atoms with van der Waals surface area (Å²) >= 11 is 0. The highest BCUT2D eigenvalue weighted by molar-refractivity contribution is 5.92. The molecule has 2 N–H and O–H groups in total. The lowest BCUT2D eigenvalue weighted by Gasteiger charge is -2.30. The molecule has 2 aromatic rings. The maximum Gasteiger partial charge on any atom is 0.335 e. The van der Waals surface area contributed by atoms with Crippen molar-refractivity contribution in [2.24, 2.45) is 7.05 Å². The Bertz CT molecular complexity index is 626. The molecule has 0 bridgehead atoms. The minimum atomic E-state index is -0.942. The Labute approximate surface area is 104 Å². The molecule has 1 aromatic carbocycles. The van der Waals surface area contributed by atoms with E-state index < -0.39 is 5.97 Å². The third-order valence-corrected chi connectivity index (χ3v) is 3.64. The van der Waals surface area contributed by atoms with Crippen LogP contribution in [0.4, 0.5) is 0 Å². The quantitative estimate of drug-likeness (QED) is 0.842. The number of imidazole rings is 1. The van der Waals surface area contributed by atoms with Gasteiger partial charge in [-0.1, -0.05) is 0 Å². The van der Waals surface area contributed by atoms with Crippen LogP contribution >= 0.6 is 0 Å². The molecule has 0 aliphatic heterocycles. The zero-order valence-electron chi connectivity index (χ0n) is 10.00. The van der Waals surface area contributed by atoms with Gasteiger partial charge >= 0.3 is 5.97 Å². The number of aliphatic hydroxyl groups is 1. The zero-order valence-corrected chi connectivity index (χ0v) is 10.00. The summed E-state index contributed by atoms with van der Waals surface area (Å²) in [6, 6.07) is 4.96. The number of aryl methyl sites for hydroxylation is 1. The highest BCUT2D eigenvalue weighted by atomic mass is 16.4. The van der Waals surface area contributed by atoms with Crippen LogP contribution in [0.15, 0.2) is 18.2 Å². The number of aliphatic hydroxyl groups excluding tert-OH is 1. The number of carboxylic acids is 1. The van der Waals surface area contributed by atoms with Crippen molar-refractivity contribution in [3.8, 4) is 0 Å². The number of benzene rings is 1. The third-order valence-electron chi connectivity index (χ3n) is 3.64. The average molecular weight is 246 g/mol. The van der Waals surface area contributed by atoms with E-state index in [1.54, 1.807) is 18.2 Å². The summed E-state index contributed by atoms with van der Waals surface area (Å²) < 4.78 is 1.98. The molecular weight excluding hydrogens is 232 g/mol. The molecule has 0 radical (unpaired) electrons. The Hall–Kier alpha value is -1.88. The number of nitrogens with zero attached hydrogens (tertiary/aromatic N) is 2. The molecule has 0 amide bonds. The van der Waals surface area contributed by atoms with Crippen LogP contribution in [0, 0.1) is 0 Å². The summed E-state index contributed by atoms with van der Waals surface area (Å²) in [5.74, 6) is 0.270. The molecule has 0 spiro atoms. The van der Waals surface area contributed by atoms with Gasteiger partial charge in [-0.05, 0) is 31.0 Å². The fourth-order valence-corrected chi connectivity index (χ4v) is 2.52. The maximum absolute atomic E-state index is 10.9. The number of fused-ring (bicyclic) bond motifs is 1. The number of aromatic carboxylic acids is 1. The van der Waals surface area contributed by atoms with Gasteiger partial charge in [0.25, 0.3) is 0 Å². The van der Waals surface area contributed by atoms with Crippen LogP contribution in [0.1, 0.15) is 34.9 Å². The fourth-order valence-electron chi connectivity index (χ4n) is 2.52. The molecule has 1 aliphatic rings. The summed E-state index contributed by atoms with van der Waals surface area (Å²) in [5.41, 5.74) is 1.88. The molecule has 1 heterocycles. The van der Waals surface area contributed by atoms with Gasteiger partial charge in [-0.3, -0.25) is 0 Å². The smallest absolute Gasteiger partial charge is 0.335 e. The molecule has 1 aromatic heterocycles. The number of carbonyl (C=O) groups is 1. The number of rotatable bonds is 2. The van der Waals surface area contributed by atoms with Gasteiger partial charge in [0, 0.05) is 13.0 Å². The predicted octanol–water partition coefficient (Wildman–Crippen LogP) is 1.51. The maximum atomic E-state index is 10.9. The van der Waals surface area contributed by atoms with E-state index in [1.807, 2.05) is 11.6 Å². The summed E-state index contributed by atoms with van der Waals surface area (Å²) in [7, 11) is 1.93. The molecule has 0 saturated heterocycles. The highest BCUT2D eigenvalue weighted by Gasteiger charge is 2.32. The summed E-state index contributed by atoms with van der Waals surface area (Å²) in [6.07, 6.45) is 1.26. The molecule has 1 aliphatic carbocycles. The second-order valence-corrected chi connectivity index (χ2v) is 4.86. The lowest BCUT2D eigenvalue weighted by atomic mass is 9.82. The molecule has 0 unspecified atom stereocenters. The lowest BCUT2D eigenvalue weighted by Crippen LogP contribution is -2.28. The van der Waals surface area contributed by atoms with Crippen LogP contribution in [0.2, 0.25) is 0 Å². The second-order valence-electron chi connectivity index (χ2n) is 4.86. The van der Waals surface area contributed by atoms with Gasteiger partial charge in [0.1, 0.15) is 5.82 Å². The Morgan fingerprint density at radius 1 is 1.44 bits per heavy atom. The number of carboxylic acid groups (broad SMARTS) is 1. The van der Waals surface area contributed by atoms with E-state index in [9.17, 15) is 9.90 Å². The van der Waals surface area contributed by atoms with Gasteiger partial charge in [-0.15, -0.1) is 0 Å². The zero-order chi connectivity index (χ0) is 12.9. The van der Waals surface area contributed by atoms with Gasteiger partial charge in [-0.2, -0.15) is 0 Å². The van der Waals surface area contributed by atoms with E-state index in [2.05, 4.69) is 4.98 Å². The standard InChI is InChI=1S/C13H14N2O3/c1-15-11-3-2-7(13(17)18)6-10(11)14-12(15)8-4-9(16)5-8/h2-3,6,8-9,16H,4-5H2,1H3,(H,17,18). The first-order valence-corrected chi connectivity index (χ1v) is 5.94. The average Bonchev–Trinajstić information content (AvgIpc) is 2.62. The van der Waals surface area contributed by atoms with E-state index in [0.29, 0.717) is 5.52 Å². The summed E-state index contributed by atoms with van der Waals surface area (Å²) in [4.78, 5) is 15.4. The van der Waals surface area contributed by atoms with Crippen LogP contribution in [-0.4, -0.2) is 31.8 Å². The first-order chi connectivity index (χ1) is 8.56. The van der Waals surface area contributed by atoms with E-state index >= 15 is 0 Å². The lowest BCUT2D eigenvalue weighted by molar-refractivity contribution is 0.0695. The van der Waals surface area contributed by atoms with Gasteiger partial charge in [0.05, 0.1) is 22.7 Å². The van der Waals surface area contributed by atoms with Crippen molar-refractivity contribution in [2.75, 3.05) is 0 Å². The van der Waals surface area contributed by atoms with Crippen molar-refractivity contribution in [2.45, 2.75) is 24.9 Å². The molecular formula is C13H14N2O3. The van der Waals surface area contributed by atoms with Crippen molar-refractivity contribution < 1.29 is 15.0 Å². The Morgan fingerprint density at radius 2 is 2.17 bits per heavy atom. The van der Waals surface area contributed by atoms with Gasteiger partial charge < -0.3 is 14.8 Å². The van der Waals surface area contributed by atoms with Crippen molar-refractivity contribution >= 4 is 17.0 Å². The minimum Gasteiger partial charge on any atom is -0.478 e. The minimum absolute atomic E-state index is 0.218. The van der Waals surface area contributed by atoms with E-state index in [-0.39, 0.29) is 17.6 Å². The van der Waals surface area contributed by atoms with Crippen LogP contribution in [-0.2, 0) is 7.05 Å². The number of hydrogen-bond donors (Lipinski definition) is 2. The Balaban J connectivity index is 2.07. The van der Waals surface area contributed by atoms with Crippen LogP contribution in [0.3, 0.4) is 0 Å². The first-order valence-electron chi connectivity index (χ1n) is 5.94. The SMILES string of the molecule is Cn1c(C2CC(O)C2)nc2cc(C(=O)O)ccc21. The molecule has 3 rings (SSSR count). The van der Waals surface area contributed by atoms with Crippen molar-refractivity contribution in [1.29, 1.82) is 0 Å². The second kappa shape index (κ2) is 3.81. The van der Waals surface area contributed by atoms with E-state index in [0.717, 1.165) is 24.2 Å². The molecule has 5 heteroatoms. The topological polar surface area (TPSA) is 75.3 Å². The van der Waals surface area contributed by atoms with Gasteiger partial charge in [-0.25, -0.2) is 9.78 Å². The van der Waals surface area contributed by atoms with Crippen LogP contribution < -0.4 is 0 Å². The first kappa shape index (κ1) is 11.2. The predicted molar refractivity (Wildman–Crippen MR) is 65.7 cm³/mol.